The van der Waals surface area contributed by atoms with Gasteiger partial charge in [-0.2, -0.15) is 0 Å². The Labute approximate surface area is 174 Å². The van der Waals surface area contributed by atoms with E-state index < -0.39 is 6.10 Å². The van der Waals surface area contributed by atoms with Crippen molar-refractivity contribution in [1.82, 2.24) is 20.1 Å². The molecule has 0 aromatic carbocycles. The van der Waals surface area contributed by atoms with Gasteiger partial charge in [0.1, 0.15) is 6.26 Å². The van der Waals surface area contributed by atoms with Gasteiger partial charge in [-0.25, -0.2) is 4.98 Å². The van der Waals surface area contributed by atoms with Crippen molar-refractivity contribution < 1.29 is 19.1 Å². The molecule has 1 aromatic heterocycles. The van der Waals surface area contributed by atoms with Gasteiger partial charge in [-0.15, -0.1) is 0 Å². The predicted octanol–water partition coefficient (Wildman–Crippen LogP) is 1.60. The van der Waals surface area contributed by atoms with E-state index in [0.717, 1.165) is 32.6 Å². The lowest BCUT2D eigenvalue weighted by atomic mass is 10.1. The summed E-state index contributed by atoms with van der Waals surface area (Å²) in [5, 5.41) is 13.0. The second kappa shape index (κ2) is 12.3. The first-order valence-electron chi connectivity index (χ1n) is 10.8. The van der Waals surface area contributed by atoms with Crippen molar-refractivity contribution in [3.63, 3.8) is 0 Å². The number of nitrogens with one attached hydrogen (secondary N) is 1. The Hall–Kier alpha value is -1.48. The Kier molecular flexibility index (Phi) is 10.1. The molecule has 0 aliphatic carbocycles. The second-order valence-electron chi connectivity index (χ2n) is 8.51. The molecule has 166 valence electrons. The van der Waals surface area contributed by atoms with Crippen LogP contribution in [-0.4, -0.2) is 84.4 Å². The van der Waals surface area contributed by atoms with Gasteiger partial charge in [0.05, 0.1) is 19.3 Å². The number of hydrogen-bond acceptors (Lipinski definition) is 7. The molecule has 2 rings (SSSR count). The van der Waals surface area contributed by atoms with Crippen molar-refractivity contribution in [2.75, 3.05) is 52.5 Å². The van der Waals surface area contributed by atoms with E-state index in [1.807, 2.05) is 0 Å². The minimum absolute atomic E-state index is 0.182. The molecule has 1 amide bonds. The maximum Gasteiger partial charge on any atom is 0.273 e. The first kappa shape index (κ1) is 23.8. The highest BCUT2D eigenvalue weighted by molar-refractivity contribution is 5.91. The van der Waals surface area contributed by atoms with Crippen molar-refractivity contribution in [3.05, 3.63) is 17.8 Å². The maximum absolute atomic E-state index is 12.1. The summed E-state index contributed by atoms with van der Waals surface area (Å²) >= 11 is 0. The molecular weight excluding hydrogens is 372 g/mol. The van der Waals surface area contributed by atoms with Gasteiger partial charge in [0.25, 0.3) is 5.91 Å². The zero-order valence-electron chi connectivity index (χ0n) is 18.4. The van der Waals surface area contributed by atoms with Gasteiger partial charge < -0.3 is 19.6 Å². The van der Waals surface area contributed by atoms with Crippen molar-refractivity contribution in [2.45, 2.75) is 46.8 Å². The number of aliphatic hydroxyl groups excluding tert-OH is 1. The zero-order chi connectivity index (χ0) is 21.2. The fourth-order valence-corrected chi connectivity index (χ4v) is 3.10. The monoisotopic (exact) mass is 410 g/mol. The number of hydrogen-bond donors (Lipinski definition) is 2. The summed E-state index contributed by atoms with van der Waals surface area (Å²) < 4.78 is 11.0. The van der Waals surface area contributed by atoms with Gasteiger partial charge in [0, 0.05) is 45.9 Å². The predicted molar refractivity (Wildman–Crippen MR) is 112 cm³/mol. The number of amides is 1. The van der Waals surface area contributed by atoms with Gasteiger partial charge in [-0.05, 0) is 11.8 Å². The Morgan fingerprint density at radius 2 is 1.93 bits per heavy atom. The van der Waals surface area contributed by atoms with E-state index in [9.17, 15) is 9.90 Å². The lowest BCUT2D eigenvalue weighted by molar-refractivity contribution is -0.000850. The molecule has 0 bridgehead atoms. The Morgan fingerprint density at radius 3 is 2.59 bits per heavy atom. The average Bonchev–Trinajstić information content (AvgIpc) is 3.15. The minimum atomic E-state index is -0.455. The van der Waals surface area contributed by atoms with E-state index in [1.165, 1.54) is 6.26 Å². The average molecular weight is 411 g/mol. The van der Waals surface area contributed by atoms with Crippen LogP contribution in [0.3, 0.4) is 0 Å². The van der Waals surface area contributed by atoms with Gasteiger partial charge in [-0.1, -0.05) is 34.1 Å². The maximum atomic E-state index is 12.1. The van der Waals surface area contributed by atoms with Crippen LogP contribution >= 0.6 is 0 Å². The third kappa shape index (κ3) is 8.82. The van der Waals surface area contributed by atoms with E-state index in [0.29, 0.717) is 56.3 Å². The summed E-state index contributed by atoms with van der Waals surface area (Å²) in [6.45, 7) is 14.8. The third-order valence-corrected chi connectivity index (χ3v) is 5.15. The van der Waals surface area contributed by atoms with Crippen LogP contribution in [0.1, 0.15) is 50.5 Å². The topological polar surface area (TPSA) is 91.1 Å². The molecule has 1 fully saturated rings. The van der Waals surface area contributed by atoms with Gasteiger partial charge >= 0.3 is 0 Å². The Bertz CT molecular complexity index is 599. The number of rotatable bonds is 12. The van der Waals surface area contributed by atoms with Crippen molar-refractivity contribution >= 4 is 5.91 Å². The first-order chi connectivity index (χ1) is 13.9. The molecule has 29 heavy (non-hydrogen) atoms. The molecule has 8 heteroatoms. The molecule has 0 saturated carbocycles. The summed E-state index contributed by atoms with van der Waals surface area (Å²) in [4.78, 5) is 21.0. The number of carbonyl (C=O) groups is 1. The van der Waals surface area contributed by atoms with Crippen LogP contribution in [0.15, 0.2) is 10.7 Å². The summed E-state index contributed by atoms with van der Waals surface area (Å²) in [5.74, 6) is 1.31. The van der Waals surface area contributed by atoms with E-state index >= 15 is 0 Å². The standard InChI is InChI=1S/C21H38N4O4/c1-5-17(4)10-22-21(27)19-15-29-20(23-19)12-25-8-6-24(7-9-25)11-18(26)14-28-13-16(2)3/h15-18,26H,5-14H2,1-4H3,(H,22,27). The molecule has 0 radical (unpaired) electrons. The zero-order valence-corrected chi connectivity index (χ0v) is 18.4. The molecule has 1 saturated heterocycles. The van der Waals surface area contributed by atoms with Crippen LogP contribution in [0.5, 0.6) is 0 Å². The number of aromatic nitrogens is 1. The number of oxazole rings is 1. The fraction of sp³-hybridized carbons (Fsp3) is 0.810. The van der Waals surface area contributed by atoms with Crippen LogP contribution in [0, 0.1) is 11.8 Å². The first-order valence-corrected chi connectivity index (χ1v) is 10.8. The van der Waals surface area contributed by atoms with Crippen molar-refractivity contribution in [3.8, 4) is 0 Å². The smallest absolute Gasteiger partial charge is 0.273 e. The highest BCUT2D eigenvalue weighted by Crippen LogP contribution is 2.10. The molecule has 1 aliphatic rings. The number of carbonyl (C=O) groups excluding carboxylic acids is 1. The molecule has 1 aliphatic heterocycles. The van der Waals surface area contributed by atoms with Crippen molar-refractivity contribution in [1.29, 1.82) is 0 Å². The SMILES string of the molecule is CCC(C)CNC(=O)c1coc(CN2CCN(CC(O)COCC(C)C)CC2)n1. The minimum Gasteiger partial charge on any atom is -0.447 e. The van der Waals surface area contributed by atoms with Crippen LogP contribution in [0.2, 0.25) is 0 Å². The molecule has 2 unspecified atom stereocenters. The quantitative estimate of drug-likeness (QED) is 0.541. The number of aliphatic hydroxyl groups is 1. The van der Waals surface area contributed by atoms with E-state index in [1.54, 1.807) is 0 Å². The summed E-state index contributed by atoms with van der Waals surface area (Å²) in [5.41, 5.74) is 0.339. The molecule has 2 atom stereocenters. The van der Waals surface area contributed by atoms with Crippen LogP contribution in [0.4, 0.5) is 0 Å². The number of β-amino-alcohol motifs (C(OH)–C–C–N with tert-alkyl or cyclic N) is 1. The number of piperazine rings is 1. The highest BCUT2D eigenvalue weighted by atomic mass is 16.5. The largest absolute Gasteiger partial charge is 0.447 e. The van der Waals surface area contributed by atoms with Crippen molar-refractivity contribution in [2.24, 2.45) is 11.8 Å². The molecule has 1 aromatic rings. The van der Waals surface area contributed by atoms with Crippen LogP contribution < -0.4 is 5.32 Å². The summed E-state index contributed by atoms with van der Waals surface area (Å²) in [7, 11) is 0. The second-order valence-corrected chi connectivity index (χ2v) is 8.51. The van der Waals surface area contributed by atoms with Gasteiger partial charge in [0.2, 0.25) is 5.89 Å². The Morgan fingerprint density at radius 1 is 1.24 bits per heavy atom. The van der Waals surface area contributed by atoms with Crippen LogP contribution in [-0.2, 0) is 11.3 Å². The number of ether oxygens (including phenoxy) is 1. The third-order valence-electron chi connectivity index (χ3n) is 5.15. The fourth-order valence-electron chi connectivity index (χ4n) is 3.10. The normalized spacial score (nSPS) is 18.1. The molecular formula is C21H38N4O4. The van der Waals surface area contributed by atoms with E-state index in [-0.39, 0.29) is 5.91 Å². The number of nitrogens with zero attached hydrogens (tertiary/aromatic N) is 3. The summed E-state index contributed by atoms with van der Waals surface area (Å²) in [6.07, 6.45) is 2.01. The molecule has 0 spiro atoms. The van der Waals surface area contributed by atoms with E-state index in [2.05, 4.69) is 47.8 Å². The van der Waals surface area contributed by atoms with Crippen LogP contribution in [0.25, 0.3) is 0 Å². The lowest BCUT2D eigenvalue weighted by Gasteiger charge is -2.34. The van der Waals surface area contributed by atoms with Gasteiger partial charge in [0.15, 0.2) is 5.69 Å². The molecule has 2 N–H and O–H groups in total. The lowest BCUT2D eigenvalue weighted by Crippen LogP contribution is -2.48. The Balaban J connectivity index is 1.68. The summed E-state index contributed by atoms with van der Waals surface area (Å²) in [6, 6.07) is 0. The molecule has 2 heterocycles. The molecule has 8 nitrogen and oxygen atoms in total. The highest BCUT2D eigenvalue weighted by Gasteiger charge is 2.21. The van der Waals surface area contributed by atoms with E-state index in [4.69, 9.17) is 9.15 Å². The van der Waals surface area contributed by atoms with Gasteiger partial charge in [-0.3, -0.25) is 14.6 Å².